The predicted molar refractivity (Wildman–Crippen MR) is 81.4 cm³/mol. The van der Waals surface area contributed by atoms with Gasteiger partial charge in [0.05, 0.1) is 12.8 Å². The minimum atomic E-state index is 0.0185. The van der Waals surface area contributed by atoms with Gasteiger partial charge in [-0.05, 0) is 55.8 Å². The van der Waals surface area contributed by atoms with Crippen LogP contribution in [-0.4, -0.2) is 30.1 Å². The van der Waals surface area contributed by atoms with Gasteiger partial charge in [0.25, 0.3) is 0 Å². The molecule has 3 rings (SSSR count). The smallest absolute Gasteiger partial charge is 0.305 e. The minimum Gasteiger partial charge on any atom is -0.497 e. The first-order valence-electron chi connectivity index (χ1n) is 6.85. The number of aromatic amines is 1. The number of H-pyrrole nitrogens is 1. The van der Waals surface area contributed by atoms with E-state index in [2.05, 4.69) is 9.88 Å². The third-order valence-electron chi connectivity index (χ3n) is 3.67. The summed E-state index contributed by atoms with van der Waals surface area (Å²) in [6.07, 6.45) is 2.52. The molecule has 1 aliphatic rings. The van der Waals surface area contributed by atoms with Gasteiger partial charge in [0.15, 0.2) is 0 Å². The second kappa shape index (κ2) is 5.81. The van der Waals surface area contributed by atoms with Crippen molar-refractivity contribution in [3.63, 3.8) is 0 Å². The number of aromatic nitrogens is 1. The maximum absolute atomic E-state index is 11.7. The third kappa shape index (κ3) is 2.78. The summed E-state index contributed by atoms with van der Waals surface area (Å²) in [5, 5.41) is 0. The Labute approximate surface area is 122 Å². The number of nitrogens with one attached hydrogen (secondary N) is 1. The van der Waals surface area contributed by atoms with Crippen LogP contribution in [0.1, 0.15) is 17.7 Å². The molecule has 1 N–H and O–H groups in total. The molecule has 0 radical (unpaired) electrons. The molecule has 2 aromatic rings. The summed E-state index contributed by atoms with van der Waals surface area (Å²) in [7, 11) is 1.65. The van der Waals surface area contributed by atoms with Gasteiger partial charge in [0.1, 0.15) is 5.75 Å². The number of thiazole rings is 1. The van der Waals surface area contributed by atoms with Crippen LogP contribution in [0.25, 0.3) is 11.3 Å². The fraction of sp³-hybridized carbons (Fsp3) is 0.400. The van der Waals surface area contributed by atoms with Crippen molar-refractivity contribution >= 4 is 11.3 Å². The van der Waals surface area contributed by atoms with E-state index in [1.807, 2.05) is 24.3 Å². The Morgan fingerprint density at radius 1 is 1.25 bits per heavy atom. The van der Waals surface area contributed by atoms with Crippen molar-refractivity contribution in [2.24, 2.45) is 0 Å². The average molecular weight is 290 g/mol. The molecule has 1 aromatic heterocycles. The summed E-state index contributed by atoms with van der Waals surface area (Å²) in [4.78, 5) is 18.2. The van der Waals surface area contributed by atoms with Gasteiger partial charge >= 0.3 is 4.87 Å². The van der Waals surface area contributed by atoms with E-state index in [-0.39, 0.29) is 4.87 Å². The lowest BCUT2D eigenvalue weighted by molar-refractivity contribution is 0.334. The quantitative estimate of drug-likeness (QED) is 0.941. The van der Waals surface area contributed by atoms with E-state index in [4.69, 9.17) is 4.74 Å². The number of nitrogens with zero attached hydrogens (tertiary/aromatic N) is 1. The number of benzene rings is 1. The summed E-state index contributed by atoms with van der Waals surface area (Å²) in [6.45, 7) is 3.13. The highest BCUT2D eigenvalue weighted by molar-refractivity contribution is 7.09. The summed E-state index contributed by atoms with van der Waals surface area (Å²) < 4.78 is 5.17. The highest BCUT2D eigenvalue weighted by atomic mass is 32.1. The Kier molecular flexibility index (Phi) is 3.89. The zero-order chi connectivity index (χ0) is 13.9. The third-order valence-corrected chi connectivity index (χ3v) is 4.53. The molecule has 0 amide bonds. The van der Waals surface area contributed by atoms with Gasteiger partial charge in [-0.25, -0.2) is 0 Å². The summed E-state index contributed by atoms with van der Waals surface area (Å²) in [5.74, 6) is 0.826. The zero-order valence-electron chi connectivity index (χ0n) is 11.5. The second-order valence-electron chi connectivity index (χ2n) is 5.02. The van der Waals surface area contributed by atoms with Crippen LogP contribution in [0.15, 0.2) is 29.1 Å². The van der Waals surface area contributed by atoms with Crippen molar-refractivity contribution in [3.8, 4) is 17.0 Å². The van der Waals surface area contributed by atoms with Crippen molar-refractivity contribution in [3.05, 3.63) is 38.8 Å². The number of hydrogen-bond acceptors (Lipinski definition) is 4. The number of hydrogen-bond donors (Lipinski definition) is 1. The SMILES string of the molecule is COc1ccc(-c2[nH]c(=O)sc2CN2CCCC2)cc1. The second-order valence-corrected chi connectivity index (χ2v) is 6.09. The van der Waals surface area contributed by atoms with Crippen molar-refractivity contribution in [2.75, 3.05) is 20.2 Å². The molecule has 5 heteroatoms. The van der Waals surface area contributed by atoms with Gasteiger partial charge < -0.3 is 9.72 Å². The van der Waals surface area contributed by atoms with Gasteiger partial charge in [0, 0.05) is 11.4 Å². The Balaban J connectivity index is 1.89. The van der Waals surface area contributed by atoms with Crippen LogP contribution in [0.4, 0.5) is 0 Å². The molecule has 1 fully saturated rings. The lowest BCUT2D eigenvalue weighted by Gasteiger charge is -2.14. The molecular weight excluding hydrogens is 272 g/mol. The first-order chi connectivity index (χ1) is 9.76. The van der Waals surface area contributed by atoms with E-state index in [0.717, 1.165) is 41.5 Å². The van der Waals surface area contributed by atoms with Gasteiger partial charge in [-0.3, -0.25) is 9.69 Å². The molecule has 1 saturated heterocycles. The van der Waals surface area contributed by atoms with Crippen molar-refractivity contribution in [1.29, 1.82) is 0 Å². The van der Waals surface area contributed by atoms with Crippen LogP contribution >= 0.6 is 11.3 Å². The van der Waals surface area contributed by atoms with Crippen molar-refractivity contribution < 1.29 is 4.74 Å². The molecule has 0 saturated carbocycles. The molecule has 2 heterocycles. The average Bonchev–Trinajstić information content (AvgIpc) is 3.09. The maximum Gasteiger partial charge on any atom is 0.305 e. The van der Waals surface area contributed by atoms with E-state index in [1.54, 1.807) is 7.11 Å². The fourth-order valence-corrected chi connectivity index (χ4v) is 3.50. The van der Waals surface area contributed by atoms with Crippen LogP contribution in [-0.2, 0) is 6.54 Å². The largest absolute Gasteiger partial charge is 0.497 e. The van der Waals surface area contributed by atoms with E-state index < -0.39 is 0 Å². The summed E-state index contributed by atoms with van der Waals surface area (Å²) >= 11 is 1.32. The highest BCUT2D eigenvalue weighted by Crippen LogP contribution is 2.27. The number of methoxy groups -OCH3 is 1. The molecule has 20 heavy (non-hydrogen) atoms. The topological polar surface area (TPSA) is 45.3 Å². The monoisotopic (exact) mass is 290 g/mol. The van der Waals surface area contributed by atoms with E-state index >= 15 is 0 Å². The molecule has 106 valence electrons. The van der Waals surface area contributed by atoms with Crippen molar-refractivity contribution in [2.45, 2.75) is 19.4 Å². The molecule has 4 nitrogen and oxygen atoms in total. The van der Waals surface area contributed by atoms with Gasteiger partial charge in [-0.15, -0.1) is 0 Å². The van der Waals surface area contributed by atoms with Crippen LogP contribution < -0.4 is 9.61 Å². The van der Waals surface area contributed by atoms with Gasteiger partial charge in [-0.2, -0.15) is 0 Å². The number of likely N-dealkylation sites (tertiary alicyclic amines) is 1. The molecule has 0 atom stereocenters. The number of rotatable bonds is 4. The molecule has 0 aliphatic carbocycles. The van der Waals surface area contributed by atoms with Gasteiger partial charge in [-0.1, -0.05) is 11.3 Å². The minimum absolute atomic E-state index is 0.0185. The van der Waals surface area contributed by atoms with Crippen LogP contribution in [0.2, 0.25) is 0 Å². The molecule has 1 aliphatic heterocycles. The molecule has 0 unspecified atom stereocenters. The normalized spacial score (nSPS) is 15.7. The zero-order valence-corrected chi connectivity index (χ0v) is 12.3. The van der Waals surface area contributed by atoms with Crippen molar-refractivity contribution in [1.82, 2.24) is 9.88 Å². The van der Waals surface area contributed by atoms with Crippen LogP contribution in [0.3, 0.4) is 0 Å². The van der Waals surface area contributed by atoms with E-state index in [9.17, 15) is 4.79 Å². The first-order valence-corrected chi connectivity index (χ1v) is 7.66. The van der Waals surface area contributed by atoms with Gasteiger partial charge in [0.2, 0.25) is 0 Å². The molecule has 1 aromatic carbocycles. The Morgan fingerprint density at radius 2 is 1.95 bits per heavy atom. The lowest BCUT2D eigenvalue weighted by Crippen LogP contribution is -2.18. The first kappa shape index (κ1) is 13.4. The summed E-state index contributed by atoms with van der Waals surface area (Å²) in [5.41, 5.74) is 1.99. The van der Waals surface area contributed by atoms with E-state index in [0.29, 0.717) is 0 Å². The van der Waals surface area contributed by atoms with Crippen LogP contribution in [0, 0.1) is 0 Å². The Hall–Kier alpha value is -1.59. The molecular formula is C15H18N2O2S. The predicted octanol–water partition coefficient (Wildman–Crippen LogP) is 2.71. The highest BCUT2D eigenvalue weighted by Gasteiger charge is 2.17. The fourth-order valence-electron chi connectivity index (χ4n) is 2.61. The molecule has 0 bridgehead atoms. The molecule has 0 spiro atoms. The summed E-state index contributed by atoms with van der Waals surface area (Å²) in [6, 6.07) is 7.82. The number of ether oxygens (including phenoxy) is 1. The standard InChI is InChI=1S/C15H18N2O2S/c1-19-12-6-4-11(5-7-12)14-13(20-15(18)16-14)10-17-8-2-3-9-17/h4-7H,2-3,8-10H2,1H3,(H,16,18). The lowest BCUT2D eigenvalue weighted by atomic mass is 10.1. The Bertz CT molecular complexity index is 624. The van der Waals surface area contributed by atoms with Crippen LogP contribution in [0.5, 0.6) is 5.75 Å². The maximum atomic E-state index is 11.7. The van der Waals surface area contributed by atoms with E-state index in [1.165, 1.54) is 24.2 Å². The Morgan fingerprint density at radius 3 is 2.60 bits per heavy atom.